The maximum Gasteiger partial charge on any atom is 0.228 e. The van der Waals surface area contributed by atoms with Gasteiger partial charge in [-0.15, -0.1) is 11.3 Å². The topological polar surface area (TPSA) is 73.8 Å². The van der Waals surface area contributed by atoms with Crippen LogP contribution in [0.3, 0.4) is 0 Å². The van der Waals surface area contributed by atoms with Gasteiger partial charge in [-0.05, 0) is 62.7 Å². The number of carbonyl (C=O) groups is 3. The number of amides is 3. The van der Waals surface area contributed by atoms with Crippen LogP contribution in [-0.4, -0.2) is 65.2 Å². The minimum absolute atomic E-state index is 0.0662. The maximum absolute atomic E-state index is 13.6. The number of piperazine rings is 1. The van der Waals surface area contributed by atoms with E-state index in [0.29, 0.717) is 43.6 Å². The van der Waals surface area contributed by atoms with Crippen molar-refractivity contribution in [2.75, 3.05) is 37.6 Å². The molecule has 6 aliphatic rings. The second kappa shape index (κ2) is 7.82. The lowest BCUT2D eigenvalue weighted by atomic mass is 9.49. The number of nitrogens with zero attached hydrogens (tertiary/aromatic N) is 4. The van der Waals surface area contributed by atoms with Crippen LogP contribution in [-0.2, 0) is 20.8 Å². The van der Waals surface area contributed by atoms with Crippen molar-refractivity contribution in [2.24, 2.45) is 23.2 Å². The average molecular weight is 457 g/mol. The fourth-order valence-corrected chi connectivity index (χ4v) is 8.35. The van der Waals surface area contributed by atoms with Crippen molar-refractivity contribution in [3.05, 3.63) is 11.1 Å². The van der Waals surface area contributed by atoms with Crippen molar-refractivity contribution in [3.8, 4) is 0 Å². The van der Waals surface area contributed by atoms with Gasteiger partial charge in [-0.25, -0.2) is 4.98 Å². The second-order valence-corrected chi connectivity index (χ2v) is 11.7. The van der Waals surface area contributed by atoms with Gasteiger partial charge in [-0.1, -0.05) is 0 Å². The van der Waals surface area contributed by atoms with Gasteiger partial charge < -0.3 is 9.80 Å². The van der Waals surface area contributed by atoms with E-state index in [0.717, 1.165) is 55.7 Å². The lowest BCUT2D eigenvalue weighted by molar-refractivity contribution is -0.160. The number of aromatic nitrogens is 1. The fraction of sp³-hybridized carbons (Fsp3) is 0.750. The molecule has 4 aliphatic carbocycles. The first-order chi connectivity index (χ1) is 15.5. The van der Waals surface area contributed by atoms with Gasteiger partial charge in [0.25, 0.3) is 0 Å². The maximum atomic E-state index is 13.6. The number of rotatable bonds is 4. The summed E-state index contributed by atoms with van der Waals surface area (Å²) < 4.78 is 0. The van der Waals surface area contributed by atoms with Gasteiger partial charge in [0.15, 0.2) is 5.13 Å². The molecular weight excluding hydrogens is 424 g/mol. The summed E-state index contributed by atoms with van der Waals surface area (Å²) in [4.78, 5) is 48.5. The van der Waals surface area contributed by atoms with E-state index in [4.69, 9.17) is 0 Å². The molecule has 0 unspecified atom stereocenters. The van der Waals surface area contributed by atoms with E-state index in [1.165, 1.54) is 30.6 Å². The zero-order chi connectivity index (χ0) is 21.9. The summed E-state index contributed by atoms with van der Waals surface area (Å²) in [5.41, 5.74) is 0.645. The van der Waals surface area contributed by atoms with Gasteiger partial charge >= 0.3 is 0 Å². The Hall–Kier alpha value is -1.96. The van der Waals surface area contributed by atoms with Crippen LogP contribution in [0.2, 0.25) is 0 Å². The SMILES string of the molecule is O=C(Cc1csc(N2CCCC2=O)n1)N1CCN(C(=O)C23CC4CC(CC(C4)C2)C3)CC1. The van der Waals surface area contributed by atoms with E-state index >= 15 is 0 Å². The standard InChI is InChI=1S/C24H32N4O3S/c29-20-2-1-3-28(20)23-25-19(15-32-23)11-21(30)26-4-6-27(7-5-26)22(31)24-12-16-8-17(13-24)10-18(9-16)14-24/h15-18H,1-14H2. The number of hydrogen-bond acceptors (Lipinski definition) is 5. The van der Waals surface area contributed by atoms with Crippen LogP contribution in [0.15, 0.2) is 5.38 Å². The van der Waals surface area contributed by atoms with E-state index in [1.54, 1.807) is 4.90 Å². The minimum Gasteiger partial charge on any atom is -0.339 e. The van der Waals surface area contributed by atoms with Gasteiger partial charge in [0.05, 0.1) is 17.5 Å². The van der Waals surface area contributed by atoms with E-state index < -0.39 is 0 Å². The van der Waals surface area contributed by atoms with Gasteiger partial charge in [0.1, 0.15) is 0 Å². The summed E-state index contributed by atoms with van der Waals surface area (Å²) in [5.74, 6) is 2.88. The molecule has 1 aromatic rings. The Kier molecular flexibility index (Phi) is 5.04. The molecule has 3 amide bonds. The predicted molar refractivity (Wildman–Crippen MR) is 121 cm³/mol. The molecule has 0 N–H and O–H groups in total. The zero-order valence-corrected chi connectivity index (χ0v) is 19.4. The third-order valence-electron chi connectivity index (χ3n) is 8.59. The van der Waals surface area contributed by atoms with E-state index in [2.05, 4.69) is 9.88 Å². The second-order valence-electron chi connectivity index (χ2n) is 10.8. The number of anilines is 1. The van der Waals surface area contributed by atoms with Gasteiger partial charge in [0, 0.05) is 44.5 Å². The first-order valence-electron chi connectivity index (χ1n) is 12.3. The Bertz CT molecular complexity index is 900. The van der Waals surface area contributed by atoms with Crippen molar-refractivity contribution in [2.45, 2.75) is 57.8 Å². The Balaban J connectivity index is 1.04. The summed E-state index contributed by atoms with van der Waals surface area (Å²) in [6.45, 7) is 3.24. The van der Waals surface area contributed by atoms with Crippen LogP contribution >= 0.6 is 11.3 Å². The molecule has 32 heavy (non-hydrogen) atoms. The van der Waals surface area contributed by atoms with Crippen LogP contribution in [0, 0.1) is 23.2 Å². The van der Waals surface area contributed by atoms with Crippen molar-refractivity contribution >= 4 is 34.2 Å². The highest BCUT2D eigenvalue weighted by molar-refractivity contribution is 7.14. The highest BCUT2D eigenvalue weighted by Crippen LogP contribution is 2.60. The van der Waals surface area contributed by atoms with Crippen LogP contribution in [0.25, 0.3) is 0 Å². The third kappa shape index (κ3) is 3.55. The van der Waals surface area contributed by atoms with Gasteiger partial charge in [0.2, 0.25) is 17.7 Å². The van der Waals surface area contributed by atoms with E-state index in [9.17, 15) is 14.4 Å². The largest absolute Gasteiger partial charge is 0.339 e. The molecule has 4 saturated carbocycles. The highest BCUT2D eigenvalue weighted by Gasteiger charge is 2.55. The molecule has 7 nitrogen and oxygen atoms in total. The lowest BCUT2D eigenvalue weighted by Crippen LogP contribution is -2.58. The molecule has 3 heterocycles. The number of carbonyl (C=O) groups excluding carboxylic acids is 3. The molecule has 1 aromatic heterocycles. The van der Waals surface area contributed by atoms with Gasteiger partial charge in [-0.2, -0.15) is 0 Å². The molecule has 7 rings (SSSR count). The first-order valence-corrected chi connectivity index (χ1v) is 13.2. The Morgan fingerprint density at radius 3 is 2.19 bits per heavy atom. The van der Waals surface area contributed by atoms with Crippen LogP contribution in [0.4, 0.5) is 5.13 Å². The quantitative estimate of drug-likeness (QED) is 0.698. The summed E-state index contributed by atoms with van der Waals surface area (Å²) in [6, 6.07) is 0. The minimum atomic E-state index is -0.0923. The Morgan fingerprint density at radius 1 is 0.969 bits per heavy atom. The molecule has 2 aliphatic heterocycles. The molecule has 0 aromatic carbocycles. The molecule has 0 radical (unpaired) electrons. The molecule has 172 valence electrons. The summed E-state index contributed by atoms with van der Waals surface area (Å²) in [7, 11) is 0. The molecule has 2 saturated heterocycles. The van der Waals surface area contributed by atoms with Crippen LogP contribution in [0.5, 0.6) is 0 Å². The van der Waals surface area contributed by atoms with Crippen molar-refractivity contribution in [1.29, 1.82) is 0 Å². The lowest BCUT2D eigenvalue weighted by Gasteiger charge is -2.57. The number of hydrogen-bond donors (Lipinski definition) is 0. The third-order valence-corrected chi connectivity index (χ3v) is 9.50. The smallest absolute Gasteiger partial charge is 0.228 e. The Labute approximate surface area is 193 Å². The van der Waals surface area contributed by atoms with Gasteiger partial charge in [-0.3, -0.25) is 19.3 Å². The van der Waals surface area contributed by atoms with E-state index in [1.807, 2.05) is 10.3 Å². The predicted octanol–water partition coefficient (Wildman–Crippen LogP) is 2.70. The molecule has 4 bridgehead atoms. The van der Waals surface area contributed by atoms with E-state index in [-0.39, 0.29) is 23.7 Å². The first kappa shape index (κ1) is 20.6. The van der Waals surface area contributed by atoms with Crippen LogP contribution in [0.1, 0.15) is 57.1 Å². The highest BCUT2D eigenvalue weighted by atomic mass is 32.1. The summed E-state index contributed by atoms with van der Waals surface area (Å²) >= 11 is 1.44. The van der Waals surface area contributed by atoms with Crippen molar-refractivity contribution in [1.82, 2.24) is 14.8 Å². The van der Waals surface area contributed by atoms with Crippen molar-refractivity contribution < 1.29 is 14.4 Å². The summed E-state index contributed by atoms with van der Waals surface area (Å²) in [5, 5.41) is 2.60. The number of thiazole rings is 1. The van der Waals surface area contributed by atoms with Crippen molar-refractivity contribution in [3.63, 3.8) is 0 Å². The zero-order valence-electron chi connectivity index (χ0n) is 18.6. The molecular formula is C24H32N4O3S. The Morgan fingerprint density at radius 2 is 1.59 bits per heavy atom. The average Bonchev–Trinajstić information content (AvgIpc) is 3.41. The molecule has 0 spiro atoms. The molecule has 0 atom stereocenters. The molecule has 8 heteroatoms. The monoisotopic (exact) mass is 456 g/mol. The fourth-order valence-electron chi connectivity index (χ4n) is 7.49. The molecule has 6 fully saturated rings. The normalized spacial score (nSPS) is 33.9. The summed E-state index contributed by atoms with van der Waals surface area (Å²) in [6.07, 6.45) is 9.06. The van der Waals surface area contributed by atoms with Crippen LogP contribution < -0.4 is 4.90 Å².